The summed E-state index contributed by atoms with van der Waals surface area (Å²) in [4.78, 5) is 0.194. The van der Waals surface area contributed by atoms with E-state index in [1.165, 1.54) is 4.31 Å². The molecule has 0 aliphatic carbocycles. The highest BCUT2D eigenvalue weighted by Gasteiger charge is 2.33. The summed E-state index contributed by atoms with van der Waals surface area (Å²) in [7, 11) is -1.97. The minimum atomic E-state index is -3.57. The number of sulfonamides is 1. The van der Waals surface area contributed by atoms with E-state index in [9.17, 15) is 8.42 Å². The summed E-state index contributed by atoms with van der Waals surface area (Å²) in [5.74, 6) is 0. The van der Waals surface area contributed by atoms with Crippen molar-refractivity contribution < 1.29 is 8.42 Å². The van der Waals surface area contributed by atoms with E-state index < -0.39 is 15.6 Å². The Hall–Kier alpha value is -1.07. The van der Waals surface area contributed by atoms with Crippen LogP contribution in [0.1, 0.15) is 38.3 Å². The van der Waals surface area contributed by atoms with Crippen LogP contribution in [0.25, 0.3) is 0 Å². The Morgan fingerprint density at radius 3 is 2.16 bits per heavy atom. The van der Waals surface area contributed by atoms with E-state index in [2.05, 4.69) is 0 Å². The Balaban J connectivity index is 3.40. The molecule has 19 heavy (non-hydrogen) atoms. The smallest absolute Gasteiger partial charge is 0.245 e. The minimum absolute atomic E-state index is 0.194. The van der Waals surface area contributed by atoms with Crippen molar-refractivity contribution in [2.24, 2.45) is 0 Å². The number of nitrogens with two attached hydrogens (primary N) is 1. The van der Waals surface area contributed by atoms with Crippen LogP contribution < -0.4 is 5.73 Å². The summed E-state index contributed by atoms with van der Waals surface area (Å²) in [5, 5.41) is 0. The van der Waals surface area contributed by atoms with Crippen molar-refractivity contribution in [3.8, 4) is 0 Å². The lowest BCUT2D eigenvalue weighted by molar-refractivity contribution is 0.257. The van der Waals surface area contributed by atoms with Crippen LogP contribution in [0.2, 0.25) is 0 Å². The van der Waals surface area contributed by atoms with Gasteiger partial charge in [0.25, 0.3) is 0 Å². The molecule has 0 atom stereocenters. The maximum atomic E-state index is 12.7. The standard InChI is InChI=1S/C14H24N2O2S/c1-7-14(4,5)16(6)19(17,18)13-9-11(3)10(2)8-12(13)15/h8-9H,7,15H2,1-6H3. The average Bonchev–Trinajstić information content (AvgIpc) is 2.32. The number of aryl methyl sites for hydroxylation is 2. The van der Waals surface area contributed by atoms with Gasteiger partial charge in [0.05, 0.1) is 5.69 Å². The summed E-state index contributed by atoms with van der Waals surface area (Å²) in [6.45, 7) is 9.58. The molecule has 4 nitrogen and oxygen atoms in total. The highest BCUT2D eigenvalue weighted by molar-refractivity contribution is 7.89. The van der Waals surface area contributed by atoms with Gasteiger partial charge in [-0.05, 0) is 57.4 Å². The van der Waals surface area contributed by atoms with E-state index in [1.807, 2.05) is 34.6 Å². The number of anilines is 1. The Labute approximate surface area is 116 Å². The quantitative estimate of drug-likeness (QED) is 0.865. The molecule has 5 heteroatoms. The molecule has 2 N–H and O–H groups in total. The Bertz CT molecular complexity index is 577. The molecular formula is C14H24N2O2S. The first kappa shape index (κ1) is 16.0. The zero-order valence-corrected chi connectivity index (χ0v) is 13.4. The second-order valence-corrected chi connectivity index (χ2v) is 7.55. The summed E-state index contributed by atoms with van der Waals surface area (Å²) < 4.78 is 26.7. The van der Waals surface area contributed by atoms with Gasteiger partial charge in [0.15, 0.2) is 0 Å². The van der Waals surface area contributed by atoms with E-state index in [0.29, 0.717) is 5.69 Å². The number of nitrogens with zero attached hydrogens (tertiary/aromatic N) is 1. The van der Waals surface area contributed by atoms with Crippen molar-refractivity contribution >= 4 is 15.7 Å². The summed E-state index contributed by atoms with van der Waals surface area (Å²) >= 11 is 0. The predicted octanol–water partition coefficient (Wildman–Crippen LogP) is 2.69. The van der Waals surface area contributed by atoms with Crippen molar-refractivity contribution in [3.63, 3.8) is 0 Å². The summed E-state index contributed by atoms with van der Waals surface area (Å²) in [6.07, 6.45) is 0.730. The van der Waals surface area contributed by atoms with Crippen molar-refractivity contribution in [3.05, 3.63) is 23.3 Å². The normalized spacial score (nSPS) is 13.0. The zero-order valence-electron chi connectivity index (χ0n) is 12.6. The van der Waals surface area contributed by atoms with Crippen LogP contribution in [-0.2, 0) is 10.0 Å². The average molecular weight is 284 g/mol. The SMILES string of the molecule is CCC(C)(C)N(C)S(=O)(=O)c1cc(C)c(C)cc1N. The minimum Gasteiger partial charge on any atom is -0.398 e. The second kappa shape index (κ2) is 5.13. The molecule has 0 heterocycles. The Morgan fingerprint density at radius 1 is 1.21 bits per heavy atom. The predicted molar refractivity (Wildman–Crippen MR) is 79.6 cm³/mol. The van der Waals surface area contributed by atoms with Gasteiger partial charge in [0, 0.05) is 12.6 Å². The molecule has 1 aromatic carbocycles. The summed E-state index contributed by atoms with van der Waals surface area (Å²) in [5.41, 5.74) is 7.68. The molecule has 0 spiro atoms. The lowest BCUT2D eigenvalue weighted by Crippen LogP contribution is -2.44. The van der Waals surface area contributed by atoms with Crippen LogP contribution in [-0.4, -0.2) is 25.3 Å². The monoisotopic (exact) mass is 284 g/mol. The molecule has 0 saturated carbocycles. The van der Waals surface area contributed by atoms with Gasteiger partial charge >= 0.3 is 0 Å². The third kappa shape index (κ3) is 2.92. The highest BCUT2D eigenvalue weighted by atomic mass is 32.2. The lowest BCUT2D eigenvalue weighted by Gasteiger charge is -2.34. The van der Waals surface area contributed by atoms with Gasteiger partial charge in [0.1, 0.15) is 4.90 Å². The van der Waals surface area contributed by atoms with Crippen LogP contribution in [0.4, 0.5) is 5.69 Å². The van der Waals surface area contributed by atoms with Crippen LogP contribution in [0, 0.1) is 13.8 Å². The van der Waals surface area contributed by atoms with Crippen LogP contribution >= 0.6 is 0 Å². The van der Waals surface area contributed by atoms with Crippen molar-refractivity contribution in [2.75, 3.05) is 12.8 Å². The molecule has 0 radical (unpaired) electrons. The third-order valence-corrected chi connectivity index (χ3v) is 6.11. The van der Waals surface area contributed by atoms with Crippen LogP contribution in [0.5, 0.6) is 0 Å². The molecular weight excluding hydrogens is 260 g/mol. The van der Waals surface area contributed by atoms with E-state index in [0.717, 1.165) is 17.5 Å². The molecule has 0 bridgehead atoms. The molecule has 1 rings (SSSR count). The fourth-order valence-corrected chi connectivity index (χ4v) is 3.49. The van der Waals surface area contributed by atoms with Crippen LogP contribution in [0.15, 0.2) is 17.0 Å². The van der Waals surface area contributed by atoms with Gasteiger partial charge in [-0.25, -0.2) is 8.42 Å². The fraction of sp³-hybridized carbons (Fsp3) is 0.571. The molecule has 0 aromatic heterocycles. The van der Waals surface area contributed by atoms with Crippen molar-refractivity contribution in [1.29, 1.82) is 0 Å². The fourth-order valence-electron chi connectivity index (χ4n) is 1.73. The van der Waals surface area contributed by atoms with E-state index in [4.69, 9.17) is 5.73 Å². The summed E-state index contributed by atoms with van der Waals surface area (Å²) in [6, 6.07) is 3.37. The molecule has 0 unspecified atom stereocenters. The highest BCUT2D eigenvalue weighted by Crippen LogP contribution is 2.30. The third-order valence-electron chi connectivity index (χ3n) is 3.98. The molecule has 0 aliphatic heterocycles. The largest absolute Gasteiger partial charge is 0.398 e. The lowest BCUT2D eigenvalue weighted by atomic mass is 10.0. The van der Waals surface area contributed by atoms with Gasteiger partial charge in [-0.2, -0.15) is 4.31 Å². The number of nitrogen functional groups attached to an aromatic ring is 1. The molecule has 0 fully saturated rings. The number of benzene rings is 1. The van der Waals surface area contributed by atoms with Crippen LogP contribution in [0.3, 0.4) is 0 Å². The molecule has 0 saturated heterocycles. The first-order chi connectivity index (χ1) is 8.54. The Kier molecular flexibility index (Phi) is 4.32. The van der Waals surface area contributed by atoms with Gasteiger partial charge < -0.3 is 5.73 Å². The first-order valence-electron chi connectivity index (χ1n) is 6.39. The number of hydrogen-bond donors (Lipinski definition) is 1. The van der Waals surface area contributed by atoms with Crippen molar-refractivity contribution in [1.82, 2.24) is 4.31 Å². The topological polar surface area (TPSA) is 63.4 Å². The first-order valence-corrected chi connectivity index (χ1v) is 7.83. The van der Waals surface area contributed by atoms with Gasteiger partial charge in [-0.3, -0.25) is 0 Å². The molecule has 108 valence electrons. The van der Waals surface area contributed by atoms with E-state index in [-0.39, 0.29) is 4.90 Å². The van der Waals surface area contributed by atoms with Crippen molar-refractivity contribution in [2.45, 2.75) is 51.5 Å². The maximum absolute atomic E-state index is 12.7. The number of hydrogen-bond acceptors (Lipinski definition) is 3. The maximum Gasteiger partial charge on any atom is 0.245 e. The molecule has 1 aromatic rings. The van der Waals surface area contributed by atoms with Gasteiger partial charge in [-0.15, -0.1) is 0 Å². The second-order valence-electron chi connectivity index (χ2n) is 5.61. The van der Waals surface area contributed by atoms with Gasteiger partial charge in [-0.1, -0.05) is 6.92 Å². The molecule has 0 amide bonds. The number of rotatable bonds is 4. The zero-order chi connectivity index (χ0) is 15.0. The Morgan fingerprint density at radius 2 is 1.68 bits per heavy atom. The van der Waals surface area contributed by atoms with E-state index in [1.54, 1.807) is 19.2 Å². The van der Waals surface area contributed by atoms with E-state index >= 15 is 0 Å². The van der Waals surface area contributed by atoms with Gasteiger partial charge in [0.2, 0.25) is 10.0 Å². The molecule has 0 aliphatic rings.